The Morgan fingerprint density at radius 2 is 1.48 bits per heavy atom. The summed E-state index contributed by atoms with van der Waals surface area (Å²) in [6, 6.07) is 30.7. The molecule has 3 aromatic carbocycles. The molecular weight excluding hydrogens is 422 g/mol. The average Bonchev–Trinajstić information content (AvgIpc) is 3.44. The number of carbonyl (C=O) groups excluding carboxylic acids is 1. The van der Waals surface area contributed by atoms with Gasteiger partial charge in [0.1, 0.15) is 0 Å². The fourth-order valence-corrected chi connectivity index (χ4v) is 5.48. The number of amides is 1. The first-order valence-electron chi connectivity index (χ1n) is 10.5. The molecule has 31 heavy (non-hydrogen) atoms. The number of nitrogens with zero attached hydrogens (tertiary/aromatic N) is 1. The largest absolute Gasteiger partial charge is 0.331 e. The van der Waals surface area contributed by atoms with Crippen LogP contribution in [0.5, 0.6) is 0 Å². The van der Waals surface area contributed by atoms with Crippen LogP contribution in [0.3, 0.4) is 0 Å². The molecule has 0 unspecified atom stereocenters. The van der Waals surface area contributed by atoms with Crippen molar-refractivity contribution in [2.75, 3.05) is 0 Å². The molecule has 0 N–H and O–H groups in total. The first-order chi connectivity index (χ1) is 15.2. The third-order valence-electron chi connectivity index (χ3n) is 5.92. The third-order valence-corrected chi connectivity index (χ3v) is 7.19. The lowest BCUT2D eigenvalue weighted by Crippen LogP contribution is -2.40. The first-order valence-corrected chi connectivity index (χ1v) is 11.6. The molecular formula is C27H22ClNOS. The quantitative estimate of drug-likeness (QED) is 0.329. The molecule has 2 nitrogen and oxygen atoms in total. The minimum Gasteiger partial charge on any atom is -0.331 e. The van der Waals surface area contributed by atoms with Gasteiger partial charge in [-0.1, -0.05) is 84.4 Å². The van der Waals surface area contributed by atoms with E-state index in [0.717, 1.165) is 38.7 Å². The van der Waals surface area contributed by atoms with Crippen LogP contribution >= 0.6 is 22.9 Å². The van der Waals surface area contributed by atoms with E-state index in [4.69, 9.17) is 11.6 Å². The molecule has 1 aromatic heterocycles. The zero-order valence-electron chi connectivity index (χ0n) is 17.0. The molecule has 5 rings (SSSR count). The van der Waals surface area contributed by atoms with Gasteiger partial charge in [0.2, 0.25) is 0 Å². The van der Waals surface area contributed by atoms with E-state index >= 15 is 0 Å². The van der Waals surface area contributed by atoms with Crippen LogP contribution in [-0.2, 0) is 19.4 Å². The maximum Gasteiger partial charge on any atom is 0.255 e. The van der Waals surface area contributed by atoms with Gasteiger partial charge in [0.25, 0.3) is 5.91 Å². The topological polar surface area (TPSA) is 20.3 Å². The summed E-state index contributed by atoms with van der Waals surface area (Å²) in [5.41, 5.74) is 5.50. The molecule has 0 atom stereocenters. The Kier molecular flexibility index (Phi) is 5.63. The van der Waals surface area contributed by atoms with E-state index in [2.05, 4.69) is 41.3 Å². The van der Waals surface area contributed by atoms with Crippen molar-refractivity contribution < 1.29 is 4.79 Å². The van der Waals surface area contributed by atoms with Crippen LogP contribution in [-0.4, -0.2) is 16.8 Å². The molecule has 1 amide bonds. The van der Waals surface area contributed by atoms with Crippen molar-refractivity contribution >= 4 is 28.8 Å². The normalized spacial score (nSPS) is 13.2. The fourth-order valence-electron chi connectivity index (χ4n) is 4.40. The van der Waals surface area contributed by atoms with Gasteiger partial charge in [-0.25, -0.2) is 0 Å². The molecule has 1 heterocycles. The number of carbonyl (C=O) groups is 1. The monoisotopic (exact) mass is 443 g/mol. The number of halogens is 1. The summed E-state index contributed by atoms with van der Waals surface area (Å²) < 4.78 is 0.727. The number of thiophene rings is 1. The third kappa shape index (κ3) is 4.16. The molecule has 4 aromatic rings. The van der Waals surface area contributed by atoms with Crippen molar-refractivity contribution in [3.63, 3.8) is 0 Å². The van der Waals surface area contributed by atoms with E-state index in [1.54, 1.807) is 0 Å². The van der Waals surface area contributed by atoms with E-state index in [-0.39, 0.29) is 11.9 Å². The van der Waals surface area contributed by atoms with Gasteiger partial charge in [-0.15, -0.1) is 11.3 Å². The van der Waals surface area contributed by atoms with Crippen LogP contribution in [0, 0.1) is 0 Å². The van der Waals surface area contributed by atoms with Gasteiger partial charge >= 0.3 is 0 Å². The van der Waals surface area contributed by atoms with Crippen molar-refractivity contribution in [3.8, 4) is 10.4 Å². The highest BCUT2D eigenvalue weighted by Crippen LogP contribution is 2.35. The van der Waals surface area contributed by atoms with E-state index in [1.165, 1.54) is 22.5 Å². The Bertz CT molecular complexity index is 1190. The number of hydrogen-bond donors (Lipinski definition) is 0. The number of rotatable bonds is 5. The van der Waals surface area contributed by atoms with Crippen LogP contribution in [0.1, 0.15) is 27.0 Å². The Labute approximate surface area is 191 Å². The maximum absolute atomic E-state index is 14.0. The van der Waals surface area contributed by atoms with Crippen LogP contribution in [0.4, 0.5) is 0 Å². The molecule has 0 bridgehead atoms. The summed E-state index contributed by atoms with van der Waals surface area (Å²) >= 11 is 7.70. The highest BCUT2D eigenvalue weighted by Gasteiger charge is 2.31. The first kappa shape index (κ1) is 20.0. The van der Waals surface area contributed by atoms with Crippen LogP contribution < -0.4 is 0 Å². The lowest BCUT2D eigenvalue weighted by atomic mass is 10.0. The molecule has 0 saturated heterocycles. The predicted molar refractivity (Wildman–Crippen MR) is 129 cm³/mol. The second-order valence-electron chi connectivity index (χ2n) is 7.90. The zero-order chi connectivity index (χ0) is 21.2. The van der Waals surface area contributed by atoms with E-state index in [1.807, 2.05) is 54.6 Å². The Hall–Kier alpha value is -2.88. The van der Waals surface area contributed by atoms with Crippen molar-refractivity contribution in [1.29, 1.82) is 0 Å². The molecule has 1 aliphatic rings. The van der Waals surface area contributed by atoms with Crippen molar-refractivity contribution in [2.24, 2.45) is 0 Å². The molecule has 0 spiro atoms. The molecule has 0 radical (unpaired) electrons. The molecule has 0 saturated carbocycles. The van der Waals surface area contributed by atoms with E-state index < -0.39 is 0 Å². The van der Waals surface area contributed by atoms with Crippen LogP contribution in [0.2, 0.25) is 4.34 Å². The van der Waals surface area contributed by atoms with Crippen LogP contribution in [0.15, 0.2) is 91.0 Å². The highest BCUT2D eigenvalue weighted by molar-refractivity contribution is 7.19. The minimum absolute atomic E-state index is 0.0711. The molecule has 154 valence electrons. The molecule has 4 heteroatoms. The van der Waals surface area contributed by atoms with E-state index in [0.29, 0.717) is 6.54 Å². The van der Waals surface area contributed by atoms with Gasteiger partial charge in [0, 0.05) is 28.6 Å². The maximum atomic E-state index is 14.0. The fraction of sp³-hybridized carbons (Fsp3) is 0.148. The summed E-state index contributed by atoms with van der Waals surface area (Å²) in [7, 11) is 0. The lowest BCUT2D eigenvalue weighted by molar-refractivity contribution is 0.0668. The molecule has 0 aliphatic heterocycles. The van der Waals surface area contributed by atoms with Gasteiger partial charge < -0.3 is 4.90 Å². The highest BCUT2D eigenvalue weighted by atomic mass is 35.5. The zero-order valence-corrected chi connectivity index (χ0v) is 18.6. The SMILES string of the molecule is O=C(c1ccccc1-c1ccc(Cl)s1)N(Cc1ccccc1)C1Cc2ccccc2C1. The average molecular weight is 444 g/mol. The second kappa shape index (κ2) is 8.70. The summed E-state index contributed by atoms with van der Waals surface area (Å²) in [4.78, 5) is 17.1. The standard InChI is InChI=1S/C27H22ClNOS/c28-26-15-14-25(31-26)23-12-6-7-13-24(23)27(30)29(18-19-8-2-1-3-9-19)22-16-20-10-4-5-11-21(20)17-22/h1-15,22H,16-18H2. The van der Waals surface area contributed by atoms with Crippen LogP contribution in [0.25, 0.3) is 10.4 Å². The summed E-state index contributed by atoms with van der Waals surface area (Å²) in [6.07, 6.45) is 1.78. The van der Waals surface area contributed by atoms with Crippen molar-refractivity contribution in [3.05, 3.63) is 118 Å². The summed E-state index contributed by atoms with van der Waals surface area (Å²) in [5, 5.41) is 0. The predicted octanol–water partition coefficient (Wildman–Crippen LogP) is 6.88. The van der Waals surface area contributed by atoms with Gasteiger partial charge in [0.05, 0.1) is 4.34 Å². The van der Waals surface area contributed by atoms with E-state index in [9.17, 15) is 4.79 Å². The molecule has 1 aliphatic carbocycles. The number of benzene rings is 3. The number of hydrogen-bond acceptors (Lipinski definition) is 2. The number of fused-ring (bicyclic) bond motifs is 1. The van der Waals surface area contributed by atoms with Gasteiger partial charge in [-0.2, -0.15) is 0 Å². The van der Waals surface area contributed by atoms with Crippen molar-refractivity contribution in [1.82, 2.24) is 4.90 Å². The van der Waals surface area contributed by atoms with Crippen molar-refractivity contribution in [2.45, 2.75) is 25.4 Å². The van der Waals surface area contributed by atoms with Gasteiger partial charge in [-0.3, -0.25) is 4.79 Å². The summed E-state index contributed by atoms with van der Waals surface area (Å²) in [6.45, 7) is 0.595. The smallest absolute Gasteiger partial charge is 0.255 e. The van der Waals surface area contributed by atoms with Gasteiger partial charge in [-0.05, 0) is 47.7 Å². The Balaban J connectivity index is 1.52. The minimum atomic E-state index is 0.0711. The summed E-state index contributed by atoms with van der Waals surface area (Å²) in [5.74, 6) is 0.0711. The second-order valence-corrected chi connectivity index (χ2v) is 9.61. The lowest BCUT2D eigenvalue weighted by Gasteiger charge is -2.30. The Morgan fingerprint density at radius 3 is 2.16 bits per heavy atom. The Morgan fingerprint density at radius 1 is 0.839 bits per heavy atom. The molecule has 0 fully saturated rings. The van der Waals surface area contributed by atoms with Gasteiger partial charge in [0.15, 0.2) is 0 Å².